The number of hydrogen-bond acceptors (Lipinski definition) is 4. The number of nitrogens with zero attached hydrogens (tertiary/aromatic N) is 4. The van der Waals surface area contributed by atoms with Crippen LogP contribution in [-0.4, -0.2) is 25.7 Å². The van der Waals surface area contributed by atoms with Crippen LogP contribution in [0.3, 0.4) is 0 Å². The maximum atomic E-state index is 12.7. The van der Waals surface area contributed by atoms with Crippen LogP contribution >= 0.6 is 0 Å². The number of anilines is 1. The van der Waals surface area contributed by atoms with Gasteiger partial charge in [0.05, 0.1) is 5.69 Å². The Bertz CT molecular complexity index is 1250. The van der Waals surface area contributed by atoms with Gasteiger partial charge in [-0.1, -0.05) is 42.5 Å². The first-order valence-electron chi connectivity index (χ1n) is 9.71. The second-order valence-corrected chi connectivity index (χ2v) is 7.58. The molecule has 0 spiro atoms. The molecule has 1 aliphatic heterocycles. The zero-order chi connectivity index (χ0) is 20.1. The predicted molar refractivity (Wildman–Crippen MR) is 112 cm³/mol. The Kier molecular flexibility index (Phi) is 3.94. The number of hydrogen-bond donors (Lipinski definition) is 1. The van der Waals surface area contributed by atoms with Crippen LogP contribution in [0.5, 0.6) is 0 Å². The van der Waals surface area contributed by atoms with E-state index in [1.54, 1.807) is 4.68 Å². The van der Waals surface area contributed by atoms with Crippen molar-refractivity contribution >= 4 is 22.5 Å². The highest BCUT2D eigenvalue weighted by Gasteiger charge is 2.33. The van der Waals surface area contributed by atoms with Crippen molar-refractivity contribution in [3.63, 3.8) is 0 Å². The summed E-state index contributed by atoms with van der Waals surface area (Å²) in [7, 11) is 0. The van der Waals surface area contributed by atoms with E-state index < -0.39 is 0 Å². The maximum Gasteiger partial charge on any atom is 0.252 e. The van der Waals surface area contributed by atoms with Gasteiger partial charge in [0.25, 0.3) is 5.95 Å². The van der Waals surface area contributed by atoms with Crippen molar-refractivity contribution in [2.75, 3.05) is 5.32 Å². The Balaban J connectivity index is 1.73. The van der Waals surface area contributed by atoms with Gasteiger partial charge in [0, 0.05) is 29.3 Å². The molecule has 0 saturated heterocycles. The molecule has 6 nitrogen and oxygen atoms in total. The number of benzene rings is 2. The highest BCUT2D eigenvalue weighted by Crippen LogP contribution is 2.42. The minimum absolute atomic E-state index is 0.0269. The molecule has 5 rings (SSSR count). The maximum absolute atomic E-state index is 12.7. The number of aryl methyl sites for hydroxylation is 3. The van der Waals surface area contributed by atoms with Crippen molar-refractivity contribution in [1.29, 1.82) is 0 Å². The summed E-state index contributed by atoms with van der Waals surface area (Å²) in [5.41, 5.74) is 4.77. The molecule has 0 radical (unpaired) electrons. The fourth-order valence-corrected chi connectivity index (χ4v) is 4.31. The molecular weight excluding hydrogens is 362 g/mol. The van der Waals surface area contributed by atoms with Gasteiger partial charge >= 0.3 is 0 Å². The van der Waals surface area contributed by atoms with Crippen molar-refractivity contribution in [1.82, 2.24) is 19.7 Å². The summed E-state index contributed by atoms with van der Waals surface area (Å²) in [6.07, 6.45) is 0.390. The smallest absolute Gasteiger partial charge is 0.252 e. The zero-order valence-electron chi connectivity index (χ0n) is 16.6. The zero-order valence-corrected chi connectivity index (χ0v) is 16.6. The van der Waals surface area contributed by atoms with Gasteiger partial charge in [-0.15, -0.1) is 0 Å². The summed E-state index contributed by atoms with van der Waals surface area (Å²) < 4.78 is 1.67. The first-order valence-corrected chi connectivity index (χ1v) is 9.71. The molecule has 3 heterocycles. The lowest BCUT2D eigenvalue weighted by molar-refractivity contribution is -0.116. The first kappa shape index (κ1) is 17.6. The molecule has 0 bridgehead atoms. The van der Waals surface area contributed by atoms with Crippen molar-refractivity contribution in [2.45, 2.75) is 33.1 Å². The van der Waals surface area contributed by atoms with E-state index in [1.807, 2.05) is 39.0 Å². The average molecular weight is 383 g/mol. The van der Waals surface area contributed by atoms with Crippen molar-refractivity contribution < 1.29 is 4.79 Å². The van der Waals surface area contributed by atoms with Gasteiger partial charge in [-0.05, 0) is 43.2 Å². The van der Waals surface area contributed by atoms with Crippen LogP contribution in [-0.2, 0) is 4.79 Å². The van der Waals surface area contributed by atoms with E-state index in [9.17, 15) is 4.79 Å². The third-order valence-electron chi connectivity index (χ3n) is 5.46. The molecule has 0 aliphatic carbocycles. The quantitative estimate of drug-likeness (QED) is 0.563. The van der Waals surface area contributed by atoms with Crippen LogP contribution in [0.4, 0.5) is 5.82 Å². The van der Waals surface area contributed by atoms with Crippen LogP contribution in [0.15, 0.2) is 48.5 Å². The number of carbonyl (C=O) groups excluding carboxylic acids is 1. The molecule has 1 N–H and O–H groups in total. The third-order valence-corrected chi connectivity index (χ3v) is 5.46. The standard InChI is InChI=1S/C23H21N5O/c1-13-11-14(2)25-23(24-13)28-22-21(15(3)27-28)19(12-20(29)26-22)18-10-6-8-16-7-4-5-9-17(16)18/h4-11,19H,12H2,1-3H3,(H,26,29)/t19-/m1/s1. The minimum atomic E-state index is -0.0653. The number of nitrogens with one attached hydrogen (secondary N) is 1. The summed E-state index contributed by atoms with van der Waals surface area (Å²) in [5, 5.41) is 10.1. The molecule has 1 amide bonds. The summed E-state index contributed by atoms with van der Waals surface area (Å²) >= 11 is 0. The van der Waals surface area contributed by atoms with E-state index in [2.05, 4.69) is 45.6 Å². The van der Waals surface area contributed by atoms with Gasteiger partial charge in [-0.2, -0.15) is 9.78 Å². The molecule has 2 aromatic heterocycles. The number of fused-ring (bicyclic) bond motifs is 2. The fraction of sp³-hybridized carbons (Fsp3) is 0.217. The lowest BCUT2D eigenvalue weighted by atomic mass is 9.83. The van der Waals surface area contributed by atoms with Crippen LogP contribution in [0.2, 0.25) is 0 Å². The van der Waals surface area contributed by atoms with Gasteiger partial charge < -0.3 is 5.32 Å². The van der Waals surface area contributed by atoms with E-state index in [4.69, 9.17) is 5.10 Å². The number of carbonyl (C=O) groups is 1. The number of rotatable bonds is 2. The first-order chi connectivity index (χ1) is 14.0. The van der Waals surface area contributed by atoms with Gasteiger partial charge in [0.1, 0.15) is 5.82 Å². The lowest BCUT2D eigenvalue weighted by Crippen LogP contribution is -2.25. The molecule has 2 aromatic carbocycles. The Labute approximate surface area is 168 Å². The number of amides is 1. The second kappa shape index (κ2) is 6.51. The molecule has 6 heteroatoms. The Morgan fingerprint density at radius 1 is 1.00 bits per heavy atom. The third kappa shape index (κ3) is 2.88. The lowest BCUT2D eigenvalue weighted by Gasteiger charge is -2.25. The summed E-state index contributed by atoms with van der Waals surface area (Å²) in [6, 6.07) is 16.5. The SMILES string of the molecule is Cc1cc(C)nc(-n2nc(C)c3c2NC(=O)C[C@@H]3c2cccc3ccccc23)n1. The van der Waals surface area contributed by atoms with Gasteiger partial charge in [0.2, 0.25) is 5.91 Å². The van der Waals surface area contributed by atoms with E-state index in [0.29, 0.717) is 18.2 Å². The summed E-state index contributed by atoms with van der Waals surface area (Å²) in [4.78, 5) is 21.8. The molecule has 0 fully saturated rings. The van der Waals surface area contributed by atoms with Crippen LogP contribution < -0.4 is 5.32 Å². The van der Waals surface area contributed by atoms with Gasteiger partial charge in [-0.3, -0.25) is 4.79 Å². The highest BCUT2D eigenvalue weighted by molar-refractivity contribution is 5.96. The van der Waals surface area contributed by atoms with E-state index in [1.165, 1.54) is 5.39 Å². The van der Waals surface area contributed by atoms with Crippen LogP contribution in [0.1, 0.15) is 40.5 Å². The largest absolute Gasteiger partial charge is 0.310 e. The minimum Gasteiger partial charge on any atom is -0.310 e. The molecule has 1 aliphatic rings. The molecule has 0 saturated carbocycles. The molecule has 29 heavy (non-hydrogen) atoms. The van der Waals surface area contributed by atoms with Crippen molar-refractivity contribution in [2.24, 2.45) is 0 Å². The average Bonchev–Trinajstić information content (AvgIpc) is 3.02. The fourth-order valence-electron chi connectivity index (χ4n) is 4.31. The van der Waals surface area contributed by atoms with Crippen LogP contribution in [0.25, 0.3) is 16.7 Å². The topological polar surface area (TPSA) is 72.7 Å². The van der Waals surface area contributed by atoms with Crippen molar-refractivity contribution in [3.8, 4) is 5.95 Å². The van der Waals surface area contributed by atoms with Crippen LogP contribution in [0, 0.1) is 20.8 Å². The predicted octanol–water partition coefficient (Wildman–Crippen LogP) is 4.21. The Morgan fingerprint density at radius 3 is 2.52 bits per heavy atom. The summed E-state index contributed by atoms with van der Waals surface area (Å²) in [6.45, 7) is 5.84. The number of aromatic nitrogens is 4. The Hall–Kier alpha value is -3.54. The molecule has 0 unspecified atom stereocenters. The molecule has 4 aromatic rings. The second-order valence-electron chi connectivity index (χ2n) is 7.58. The highest BCUT2D eigenvalue weighted by atomic mass is 16.1. The van der Waals surface area contributed by atoms with E-state index in [0.717, 1.165) is 33.6 Å². The molecular formula is C23H21N5O. The molecule has 144 valence electrons. The van der Waals surface area contributed by atoms with Gasteiger partial charge in [-0.25, -0.2) is 9.97 Å². The monoisotopic (exact) mass is 383 g/mol. The van der Waals surface area contributed by atoms with Gasteiger partial charge in [0.15, 0.2) is 0 Å². The van der Waals surface area contributed by atoms with E-state index in [-0.39, 0.29) is 11.8 Å². The summed E-state index contributed by atoms with van der Waals surface area (Å²) in [5.74, 6) is 1.05. The molecule has 1 atom stereocenters. The van der Waals surface area contributed by atoms with E-state index >= 15 is 0 Å². The normalized spacial score (nSPS) is 16.0. The Morgan fingerprint density at radius 2 is 1.72 bits per heavy atom. The van der Waals surface area contributed by atoms with Crippen molar-refractivity contribution in [3.05, 3.63) is 76.7 Å².